The fourth-order valence-electron chi connectivity index (χ4n) is 3.57. The van der Waals surface area contributed by atoms with E-state index in [0.29, 0.717) is 28.8 Å². The molecule has 0 saturated heterocycles. The number of carbonyl (C=O) groups is 2. The molecule has 1 aliphatic rings. The number of nitrogens with one attached hydrogen (secondary N) is 1. The molecule has 0 bridgehead atoms. The molecule has 0 atom stereocenters. The smallest absolute Gasteiger partial charge is 0.253 e. The minimum atomic E-state index is -0.329. The van der Waals surface area contributed by atoms with Gasteiger partial charge in [-0.1, -0.05) is 31.4 Å². The summed E-state index contributed by atoms with van der Waals surface area (Å²) in [5.74, 6) is 0.619. The van der Waals surface area contributed by atoms with Crippen LogP contribution in [0, 0.1) is 5.82 Å². The predicted molar refractivity (Wildman–Crippen MR) is 117 cm³/mol. The van der Waals surface area contributed by atoms with E-state index in [1.54, 1.807) is 0 Å². The van der Waals surface area contributed by atoms with E-state index < -0.39 is 0 Å². The first-order valence-electron chi connectivity index (χ1n) is 10.0. The highest BCUT2D eigenvalue weighted by molar-refractivity contribution is 7.99. The molecular formula is C23H27FN2O2S. The second-order valence-electron chi connectivity index (χ2n) is 7.45. The Kier molecular flexibility index (Phi) is 7.69. The van der Waals surface area contributed by atoms with Crippen molar-refractivity contribution in [3.63, 3.8) is 0 Å². The number of hydrogen-bond donors (Lipinski definition) is 1. The van der Waals surface area contributed by atoms with Crippen molar-refractivity contribution in [2.24, 2.45) is 0 Å². The van der Waals surface area contributed by atoms with Crippen LogP contribution in [0.4, 0.5) is 10.1 Å². The molecule has 1 N–H and O–H groups in total. The third-order valence-electron chi connectivity index (χ3n) is 5.27. The van der Waals surface area contributed by atoms with E-state index in [-0.39, 0.29) is 17.6 Å². The Balaban J connectivity index is 1.44. The van der Waals surface area contributed by atoms with Crippen molar-refractivity contribution in [1.82, 2.24) is 4.90 Å². The lowest BCUT2D eigenvalue weighted by molar-refractivity contribution is -0.113. The van der Waals surface area contributed by atoms with Crippen LogP contribution < -0.4 is 5.32 Å². The summed E-state index contributed by atoms with van der Waals surface area (Å²) in [6.45, 7) is 0. The van der Waals surface area contributed by atoms with Crippen molar-refractivity contribution < 1.29 is 14.0 Å². The van der Waals surface area contributed by atoms with Crippen molar-refractivity contribution in [3.05, 3.63) is 65.5 Å². The number of rotatable bonds is 7. The Labute approximate surface area is 175 Å². The van der Waals surface area contributed by atoms with Crippen LogP contribution in [0.25, 0.3) is 0 Å². The number of hydrogen-bond acceptors (Lipinski definition) is 3. The Hall–Kier alpha value is -2.34. The van der Waals surface area contributed by atoms with Crippen LogP contribution >= 0.6 is 11.8 Å². The molecule has 0 aromatic heterocycles. The normalized spacial score (nSPS) is 14.4. The highest BCUT2D eigenvalue weighted by Gasteiger charge is 2.22. The van der Waals surface area contributed by atoms with E-state index in [1.807, 2.05) is 36.2 Å². The summed E-state index contributed by atoms with van der Waals surface area (Å²) in [7, 11) is 1.90. The predicted octanol–water partition coefficient (Wildman–Crippen LogP) is 5.10. The van der Waals surface area contributed by atoms with E-state index in [1.165, 1.54) is 55.3 Å². The van der Waals surface area contributed by atoms with Crippen molar-refractivity contribution in [3.8, 4) is 0 Å². The van der Waals surface area contributed by atoms with E-state index in [9.17, 15) is 14.0 Å². The Bertz CT molecular complexity index is 818. The fraction of sp³-hybridized carbons (Fsp3) is 0.391. The van der Waals surface area contributed by atoms with Crippen LogP contribution in [0.1, 0.15) is 48.0 Å². The maximum Gasteiger partial charge on any atom is 0.253 e. The zero-order chi connectivity index (χ0) is 20.6. The number of nitrogens with zero attached hydrogens (tertiary/aromatic N) is 1. The first kappa shape index (κ1) is 21.4. The molecule has 2 aromatic rings. The van der Waals surface area contributed by atoms with Gasteiger partial charge in [-0.15, -0.1) is 11.8 Å². The van der Waals surface area contributed by atoms with Crippen molar-refractivity contribution in [1.29, 1.82) is 0 Å². The molecule has 6 heteroatoms. The standard InChI is InChI=1S/C23H27FN2O2S/c1-26(21-5-3-2-4-6-21)23(28)18-9-7-17(8-10-18)15-29-16-22(27)25-20-13-11-19(24)12-14-20/h7-14,21H,2-6,15-16H2,1H3,(H,25,27). The monoisotopic (exact) mass is 414 g/mol. The van der Waals surface area contributed by atoms with Crippen LogP contribution in [0.2, 0.25) is 0 Å². The van der Waals surface area contributed by atoms with E-state index in [2.05, 4.69) is 5.32 Å². The maximum atomic E-state index is 12.9. The largest absolute Gasteiger partial charge is 0.339 e. The third kappa shape index (κ3) is 6.32. The quantitative estimate of drug-likeness (QED) is 0.686. The second-order valence-corrected chi connectivity index (χ2v) is 8.44. The SMILES string of the molecule is CN(C(=O)c1ccc(CSCC(=O)Nc2ccc(F)cc2)cc1)C1CCCCC1. The Morgan fingerprint density at radius 1 is 1.03 bits per heavy atom. The van der Waals surface area contributed by atoms with Gasteiger partial charge >= 0.3 is 0 Å². The van der Waals surface area contributed by atoms with Gasteiger partial charge < -0.3 is 10.2 Å². The fourth-order valence-corrected chi connectivity index (χ4v) is 4.36. The van der Waals surface area contributed by atoms with Crippen molar-refractivity contribution in [2.45, 2.75) is 43.9 Å². The summed E-state index contributed by atoms with van der Waals surface area (Å²) in [6, 6.07) is 13.7. The van der Waals surface area contributed by atoms with Gasteiger partial charge in [0.1, 0.15) is 5.82 Å². The Morgan fingerprint density at radius 2 is 1.69 bits per heavy atom. The zero-order valence-corrected chi connectivity index (χ0v) is 17.5. The molecule has 1 fully saturated rings. The molecule has 0 spiro atoms. The second kappa shape index (κ2) is 10.4. The summed E-state index contributed by atoms with van der Waals surface area (Å²) < 4.78 is 12.9. The third-order valence-corrected chi connectivity index (χ3v) is 6.28. The number of halogens is 1. The van der Waals surface area contributed by atoms with Gasteiger partial charge in [0.05, 0.1) is 5.75 Å². The summed E-state index contributed by atoms with van der Waals surface area (Å²) in [6.07, 6.45) is 5.86. The molecule has 4 nitrogen and oxygen atoms in total. The van der Waals surface area contributed by atoms with Crippen LogP contribution in [0.5, 0.6) is 0 Å². The van der Waals surface area contributed by atoms with E-state index in [4.69, 9.17) is 0 Å². The van der Waals surface area contributed by atoms with Gasteiger partial charge in [0.15, 0.2) is 0 Å². The molecule has 2 aromatic carbocycles. The molecule has 2 amide bonds. The number of anilines is 1. The molecule has 0 radical (unpaired) electrons. The lowest BCUT2D eigenvalue weighted by Crippen LogP contribution is -2.38. The summed E-state index contributed by atoms with van der Waals surface area (Å²) >= 11 is 1.50. The minimum absolute atomic E-state index is 0.0785. The van der Waals surface area contributed by atoms with E-state index >= 15 is 0 Å². The summed E-state index contributed by atoms with van der Waals surface area (Å²) in [4.78, 5) is 26.6. The van der Waals surface area contributed by atoms with Gasteiger partial charge in [-0.25, -0.2) is 4.39 Å². The van der Waals surface area contributed by atoms with E-state index in [0.717, 1.165) is 18.4 Å². The molecular weight excluding hydrogens is 387 g/mol. The average Bonchev–Trinajstić information content (AvgIpc) is 2.75. The van der Waals surface area contributed by atoms with Crippen molar-refractivity contribution in [2.75, 3.05) is 18.1 Å². The molecule has 3 rings (SSSR count). The molecule has 154 valence electrons. The Morgan fingerprint density at radius 3 is 2.34 bits per heavy atom. The molecule has 1 saturated carbocycles. The van der Waals surface area contributed by atoms with Gasteiger partial charge in [0.25, 0.3) is 5.91 Å². The highest BCUT2D eigenvalue weighted by Crippen LogP contribution is 2.23. The maximum absolute atomic E-state index is 12.9. The van der Waals surface area contributed by atoms with Crippen LogP contribution in [0.15, 0.2) is 48.5 Å². The molecule has 29 heavy (non-hydrogen) atoms. The van der Waals surface area contributed by atoms with Gasteiger partial charge in [0.2, 0.25) is 5.91 Å². The summed E-state index contributed by atoms with van der Waals surface area (Å²) in [5.41, 5.74) is 2.37. The van der Waals surface area contributed by atoms with Gasteiger partial charge in [-0.3, -0.25) is 9.59 Å². The number of thioether (sulfide) groups is 1. The molecule has 0 aliphatic heterocycles. The lowest BCUT2D eigenvalue weighted by Gasteiger charge is -2.31. The topological polar surface area (TPSA) is 49.4 Å². The highest BCUT2D eigenvalue weighted by atomic mass is 32.2. The average molecular weight is 415 g/mol. The van der Waals surface area contributed by atoms with Gasteiger partial charge in [-0.2, -0.15) is 0 Å². The number of amides is 2. The number of carbonyl (C=O) groups excluding carboxylic acids is 2. The first-order chi connectivity index (χ1) is 14.0. The van der Waals surface area contributed by atoms with Gasteiger partial charge in [0, 0.05) is 30.1 Å². The lowest BCUT2D eigenvalue weighted by atomic mass is 9.94. The molecule has 1 aliphatic carbocycles. The van der Waals surface area contributed by atoms with Crippen molar-refractivity contribution >= 4 is 29.3 Å². The molecule has 0 unspecified atom stereocenters. The number of benzene rings is 2. The van der Waals surface area contributed by atoms with Crippen LogP contribution in [0.3, 0.4) is 0 Å². The van der Waals surface area contributed by atoms with Crippen LogP contribution in [-0.2, 0) is 10.5 Å². The van der Waals surface area contributed by atoms with Gasteiger partial charge in [-0.05, 0) is 54.8 Å². The summed E-state index contributed by atoms with van der Waals surface area (Å²) in [5, 5.41) is 2.75. The first-order valence-corrected chi connectivity index (χ1v) is 11.2. The zero-order valence-electron chi connectivity index (χ0n) is 16.7. The van der Waals surface area contributed by atoms with Crippen LogP contribution in [-0.4, -0.2) is 35.6 Å². The molecule has 0 heterocycles. The minimum Gasteiger partial charge on any atom is -0.339 e.